The highest BCUT2D eigenvalue weighted by atomic mass is 16.2. The normalized spacial score (nSPS) is 13.9. The lowest BCUT2D eigenvalue weighted by Gasteiger charge is -2.34. The molecule has 0 saturated heterocycles. The average molecular weight is 389 g/mol. The van der Waals surface area contributed by atoms with Crippen molar-refractivity contribution < 1.29 is 9.59 Å². The Morgan fingerprint density at radius 2 is 1.79 bits per heavy atom. The quantitative estimate of drug-likeness (QED) is 0.657. The third-order valence-corrected chi connectivity index (χ3v) is 5.87. The molecule has 0 radical (unpaired) electrons. The summed E-state index contributed by atoms with van der Waals surface area (Å²) in [5.41, 5.74) is 3.62. The Hall–Kier alpha value is -3.08. The van der Waals surface area contributed by atoms with Gasteiger partial charge in [-0.1, -0.05) is 42.5 Å². The number of nitrogens with zero attached hydrogens (tertiary/aromatic N) is 1. The van der Waals surface area contributed by atoms with Crippen molar-refractivity contribution in [1.82, 2.24) is 15.2 Å². The molecule has 0 spiro atoms. The minimum Gasteiger partial charge on any atom is -0.361 e. The molecular formula is C24H27N3O2. The molecule has 0 fully saturated rings. The maximum atomic E-state index is 13.1. The van der Waals surface area contributed by atoms with Crippen LogP contribution >= 0.6 is 0 Å². The number of carbonyl (C=O) groups excluding carboxylic acids is 2. The van der Waals surface area contributed by atoms with E-state index in [2.05, 4.69) is 28.5 Å². The van der Waals surface area contributed by atoms with Gasteiger partial charge in [0.15, 0.2) is 0 Å². The molecule has 0 saturated carbocycles. The van der Waals surface area contributed by atoms with Crippen LogP contribution in [-0.2, 0) is 29.0 Å². The summed E-state index contributed by atoms with van der Waals surface area (Å²) in [7, 11) is 0. The molecule has 1 aliphatic heterocycles. The zero-order chi connectivity index (χ0) is 20.4. The molecule has 0 unspecified atom stereocenters. The van der Waals surface area contributed by atoms with Gasteiger partial charge in [-0.15, -0.1) is 0 Å². The molecule has 29 heavy (non-hydrogen) atoms. The number of fused-ring (bicyclic) bond motifs is 2. The standard InChI is InChI=1S/C24H27N3O2/c1-24(2,23(29)27-14-12-17-7-3-4-8-19(17)16-27)22(28)25-13-11-18-15-26-21-10-6-5-9-20(18)21/h3-10,15,26H,11-14,16H2,1-2H3,(H,25,28). The van der Waals surface area contributed by atoms with Crippen LogP contribution in [0.25, 0.3) is 10.9 Å². The lowest BCUT2D eigenvalue weighted by molar-refractivity contribution is -0.149. The molecule has 1 aromatic heterocycles. The van der Waals surface area contributed by atoms with Gasteiger partial charge in [0.25, 0.3) is 0 Å². The van der Waals surface area contributed by atoms with E-state index < -0.39 is 5.41 Å². The van der Waals surface area contributed by atoms with Crippen LogP contribution in [0.2, 0.25) is 0 Å². The second-order valence-electron chi connectivity index (χ2n) is 8.24. The zero-order valence-corrected chi connectivity index (χ0v) is 17.0. The largest absolute Gasteiger partial charge is 0.361 e. The number of hydrogen-bond acceptors (Lipinski definition) is 2. The molecule has 0 bridgehead atoms. The molecule has 2 amide bonds. The van der Waals surface area contributed by atoms with E-state index in [0.717, 1.165) is 23.9 Å². The van der Waals surface area contributed by atoms with E-state index in [1.165, 1.54) is 16.5 Å². The van der Waals surface area contributed by atoms with Gasteiger partial charge in [-0.05, 0) is 49.4 Å². The molecule has 150 valence electrons. The molecule has 0 aliphatic carbocycles. The first-order valence-corrected chi connectivity index (χ1v) is 10.2. The summed E-state index contributed by atoms with van der Waals surface area (Å²) in [4.78, 5) is 31.0. The van der Waals surface area contributed by atoms with E-state index in [-0.39, 0.29) is 11.8 Å². The van der Waals surface area contributed by atoms with Gasteiger partial charge in [0.05, 0.1) is 0 Å². The third-order valence-electron chi connectivity index (χ3n) is 5.87. The smallest absolute Gasteiger partial charge is 0.238 e. The van der Waals surface area contributed by atoms with Crippen molar-refractivity contribution >= 4 is 22.7 Å². The van der Waals surface area contributed by atoms with Crippen molar-refractivity contribution in [1.29, 1.82) is 0 Å². The summed E-state index contributed by atoms with van der Waals surface area (Å²) in [6.07, 6.45) is 3.54. The summed E-state index contributed by atoms with van der Waals surface area (Å²) in [6.45, 7) is 5.16. The van der Waals surface area contributed by atoms with E-state index in [1.807, 2.05) is 41.4 Å². The first-order chi connectivity index (χ1) is 14.0. The lowest BCUT2D eigenvalue weighted by atomic mass is 9.88. The van der Waals surface area contributed by atoms with E-state index in [4.69, 9.17) is 0 Å². The van der Waals surface area contributed by atoms with Crippen LogP contribution in [0.3, 0.4) is 0 Å². The average Bonchev–Trinajstić information content (AvgIpc) is 3.16. The van der Waals surface area contributed by atoms with Crippen LogP contribution in [0.15, 0.2) is 54.7 Å². The fourth-order valence-corrected chi connectivity index (χ4v) is 4.03. The zero-order valence-electron chi connectivity index (χ0n) is 17.0. The molecule has 2 aromatic carbocycles. The maximum absolute atomic E-state index is 13.1. The molecule has 3 aromatic rings. The topological polar surface area (TPSA) is 65.2 Å². The third kappa shape index (κ3) is 3.77. The molecule has 2 heterocycles. The monoisotopic (exact) mass is 389 g/mol. The highest BCUT2D eigenvalue weighted by molar-refractivity contribution is 6.04. The van der Waals surface area contributed by atoms with Gasteiger partial charge in [0.2, 0.25) is 11.8 Å². The van der Waals surface area contributed by atoms with Gasteiger partial charge in [-0.25, -0.2) is 0 Å². The SMILES string of the molecule is CC(C)(C(=O)NCCc1c[nH]c2ccccc12)C(=O)N1CCc2ccccc2C1. The summed E-state index contributed by atoms with van der Waals surface area (Å²) in [6, 6.07) is 16.3. The van der Waals surface area contributed by atoms with E-state index in [9.17, 15) is 9.59 Å². The summed E-state index contributed by atoms with van der Waals surface area (Å²) < 4.78 is 0. The van der Waals surface area contributed by atoms with E-state index in [1.54, 1.807) is 13.8 Å². The van der Waals surface area contributed by atoms with Crippen LogP contribution in [0, 0.1) is 5.41 Å². The number of aromatic nitrogens is 1. The predicted octanol–water partition coefficient (Wildman–Crippen LogP) is 3.44. The Balaban J connectivity index is 1.36. The fraction of sp³-hybridized carbons (Fsp3) is 0.333. The van der Waals surface area contributed by atoms with Crippen molar-refractivity contribution in [2.24, 2.45) is 5.41 Å². The number of nitrogens with one attached hydrogen (secondary N) is 2. The molecule has 4 rings (SSSR count). The number of rotatable bonds is 5. The number of aromatic amines is 1. The van der Waals surface area contributed by atoms with Crippen LogP contribution in [0.5, 0.6) is 0 Å². The Labute approximate surface area is 171 Å². The van der Waals surface area contributed by atoms with Crippen molar-refractivity contribution in [2.75, 3.05) is 13.1 Å². The highest BCUT2D eigenvalue weighted by Gasteiger charge is 2.39. The molecule has 5 heteroatoms. The second kappa shape index (κ2) is 7.74. The van der Waals surface area contributed by atoms with Gasteiger partial charge >= 0.3 is 0 Å². The van der Waals surface area contributed by atoms with Crippen LogP contribution < -0.4 is 5.32 Å². The second-order valence-corrected chi connectivity index (χ2v) is 8.24. The van der Waals surface area contributed by atoms with Crippen molar-refractivity contribution in [3.8, 4) is 0 Å². The van der Waals surface area contributed by atoms with Gasteiger partial charge in [-0.2, -0.15) is 0 Å². The molecule has 1 aliphatic rings. The number of para-hydroxylation sites is 1. The molecule has 2 N–H and O–H groups in total. The van der Waals surface area contributed by atoms with E-state index >= 15 is 0 Å². The minimum absolute atomic E-state index is 0.114. The molecule has 5 nitrogen and oxygen atoms in total. The van der Waals surface area contributed by atoms with Crippen molar-refractivity contribution in [2.45, 2.75) is 33.2 Å². The van der Waals surface area contributed by atoms with Gasteiger partial charge in [-0.3, -0.25) is 9.59 Å². The number of H-pyrrole nitrogens is 1. The van der Waals surface area contributed by atoms with Crippen molar-refractivity contribution in [3.05, 3.63) is 71.4 Å². The Kier molecular flexibility index (Phi) is 5.14. The van der Waals surface area contributed by atoms with Gasteiger partial charge < -0.3 is 15.2 Å². The minimum atomic E-state index is -1.09. The van der Waals surface area contributed by atoms with Crippen LogP contribution in [0.1, 0.15) is 30.5 Å². The van der Waals surface area contributed by atoms with Crippen LogP contribution in [-0.4, -0.2) is 34.8 Å². The van der Waals surface area contributed by atoms with Gasteiger partial charge in [0.1, 0.15) is 5.41 Å². The summed E-state index contributed by atoms with van der Waals surface area (Å²) in [5, 5.41) is 4.14. The Morgan fingerprint density at radius 1 is 1.07 bits per heavy atom. The van der Waals surface area contributed by atoms with Crippen LogP contribution in [0.4, 0.5) is 0 Å². The lowest BCUT2D eigenvalue weighted by Crippen LogP contribution is -2.51. The summed E-state index contributed by atoms with van der Waals surface area (Å²) >= 11 is 0. The number of carbonyl (C=O) groups is 2. The number of amides is 2. The number of benzene rings is 2. The first kappa shape index (κ1) is 19.2. The maximum Gasteiger partial charge on any atom is 0.238 e. The fourth-order valence-electron chi connectivity index (χ4n) is 4.03. The molecule has 0 atom stereocenters. The highest BCUT2D eigenvalue weighted by Crippen LogP contribution is 2.25. The van der Waals surface area contributed by atoms with Crippen molar-refractivity contribution in [3.63, 3.8) is 0 Å². The Morgan fingerprint density at radius 3 is 2.62 bits per heavy atom. The Bertz CT molecular complexity index is 1050. The predicted molar refractivity (Wildman–Crippen MR) is 114 cm³/mol. The molecular weight excluding hydrogens is 362 g/mol. The first-order valence-electron chi connectivity index (χ1n) is 10.2. The van der Waals surface area contributed by atoms with E-state index in [0.29, 0.717) is 19.6 Å². The number of hydrogen-bond donors (Lipinski definition) is 2. The van der Waals surface area contributed by atoms with Gasteiger partial charge in [0, 0.05) is 36.7 Å². The summed E-state index contributed by atoms with van der Waals surface area (Å²) in [5.74, 6) is -0.335.